The van der Waals surface area contributed by atoms with E-state index in [-0.39, 0.29) is 11.9 Å². The minimum Gasteiger partial charge on any atom is -0.381 e. The largest absolute Gasteiger partial charge is 0.381 e. The Labute approximate surface area is 105 Å². The van der Waals surface area contributed by atoms with Gasteiger partial charge in [-0.3, -0.25) is 9.78 Å². The second-order valence-electron chi connectivity index (χ2n) is 4.03. The van der Waals surface area contributed by atoms with Gasteiger partial charge in [0.15, 0.2) is 0 Å². The number of rotatable bonds is 5. The van der Waals surface area contributed by atoms with Crippen LogP contribution >= 0.6 is 11.3 Å². The first kappa shape index (κ1) is 12.5. The number of ether oxygens (including phenoxy) is 1. The molecule has 1 aliphatic heterocycles. The minimum atomic E-state index is 0.0569. The highest BCUT2D eigenvalue weighted by Crippen LogP contribution is 2.06. The molecule has 1 fully saturated rings. The van der Waals surface area contributed by atoms with Crippen molar-refractivity contribution in [3.05, 3.63) is 16.6 Å². The minimum absolute atomic E-state index is 0.0569. The van der Waals surface area contributed by atoms with Crippen LogP contribution in [0.2, 0.25) is 0 Å². The van der Waals surface area contributed by atoms with Crippen LogP contribution in [-0.4, -0.2) is 36.7 Å². The van der Waals surface area contributed by atoms with Gasteiger partial charge in [0.05, 0.1) is 12.1 Å². The van der Waals surface area contributed by atoms with Gasteiger partial charge in [-0.15, -0.1) is 11.3 Å². The van der Waals surface area contributed by atoms with Crippen molar-refractivity contribution in [1.82, 2.24) is 15.6 Å². The molecule has 1 aromatic rings. The smallest absolute Gasteiger partial charge is 0.234 e. The predicted molar refractivity (Wildman–Crippen MR) is 65.8 cm³/mol. The molecule has 1 saturated heterocycles. The highest BCUT2D eigenvalue weighted by atomic mass is 32.1. The number of carbonyl (C=O) groups excluding carboxylic acids is 1. The second-order valence-corrected chi connectivity index (χ2v) is 5.00. The summed E-state index contributed by atoms with van der Waals surface area (Å²) < 4.78 is 5.24. The third-order valence-electron chi connectivity index (χ3n) is 2.65. The van der Waals surface area contributed by atoms with E-state index < -0.39 is 0 Å². The van der Waals surface area contributed by atoms with Crippen molar-refractivity contribution in [2.75, 3.05) is 19.8 Å². The lowest BCUT2D eigenvalue weighted by Gasteiger charge is -2.23. The molecule has 1 aromatic heterocycles. The Hall–Kier alpha value is -0.980. The highest BCUT2D eigenvalue weighted by molar-refractivity contribution is 7.09. The molecule has 0 unspecified atom stereocenters. The zero-order chi connectivity index (χ0) is 11.9. The normalized spacial score (nSPS) is 16.9. The number of aromatic nitrogens is 1. The molecule has 94 valence electrons. The second kappa shape index (κ2) is 6.68. The maximum atomic E-state index is 11.6. The Bertz CT molecular complexity index is 336. The number of hydrogen-bond acceptors (Lipinski definition) is 5. The molecule has 0 radical (unpaired) electrons. The molecule has 1 aliphatic rings. The maximum absolute atomic E-state index is 11.6. The van der Waals surface area contributed by atoms with Gasteiger partial charge in [0.2, 0.25) is 5.91 Å². The number of amides is 1. The van der Waals surface area contributed by atoms with Crippen LogP contribution in [0.15, 0.2) is 11.7 Å². The fourth-order valence-electron chi connectivity index (χ4n) is 1.75. The van der Waals surface area contributed by atoms with Crippen molar-refractivity contribution in [2.24, 2.45) is 0 Å². The summed E-state index contributed by atoms with van der Waals surface area (Å²) in [6.45, 7) is 2.56. The number of carbonyl (C=O) groups is 1. The monoisotopic (exact) mass is 255 g/mol. The number of nitrogens with one attached hydrogen (secondary N) is 2. The quantitative estimate of drug-likeness (QED) is 0.805. The van der Waals surface area contributed by atoms with Gasteiger partial charge < -0.3 is 15.4 Å². The molecule has 0 atom stereocenters. The van der Waals surface area contributed by atoms with Crippen molar-refractivity contribution >= 4 is 17.2 Å². The fourth-order valence-corrected chi connectivity index (χ4v) is 2.31. The van der Waals surface area contributed by atoms with Gasteiger partial charge in [0, 0.05) is 36.9 Å². The van der Waals surface area contributed by atoms with Gasteiger partial charge in [-0.2, -0.15) is 0 Å². The van der Waals surface area contributed by atoms with Gasteiger partial charge in [-0.05, 0) is 12.8 Å². The molecular formula is C11H17N3O2S. The topological polar surface area (TPSA) is 63.2 Å². The first-order valence-electron chi connectivity index (χ1n) is 5.80. The Balaban J connectivity index is 1.60. The van der Waals surface area contributed by atoms with Crippen LogP contribution < -0.4 is 10.6 Å². The van der Waals surface area contributed by atoms with Crippen molar-refractivity contribution < 1.29 is 9.53 Å². The van der Waals surface area contributed by atoms with Crippen LogP contribution in [0.4, 0.5) is 0 Å². The molecular weight excluding hydrogens is 238 g/mol. The SMILES string of the molecule is O=C(CNCc1cncs1)NC1CCOCC1. The van der Waals surface area contributed by atoms with E-state index in [4.69, 9.17) is 4.74 Å². The standard InChI is InChI=1S/C11H17N3O2S/c15-11(14-9-1-3-16-4-2-9)7-12-5-10-6-13-8-17-10/h6,8-9,12H,1-5,7H2,(H,14,15). The summed E-state index contributed by atoms with van der Waals surface area (Å²) in [6.07, 6.45) is 3.65. The van der Waals surface area contributed by atoms with Crippen molar-refractivity contribution in [1.29, 1.82) is 0 Å². The summed E-state index contributed by atoms with van der Waals surface area (Å²) in [6, 6.07) is 0.279. The molecule has 6 heteroatoms. The van der Waals surface area contributed by atoms with Gasteiger partial charge in [-0.1, -0.05) is 0 Å². The summed E-state index contributed by atoms with van der Waals surface area (Å²) in [5.41, 5.74) is 1.79. The summed E-state index contributed by atoms with van der Waals surface area (Å²) in [5.74, 6) is 0.0569. The lowest BCUT2D eigenvalue weighted by Crippen LogP contribution is -2.42. The molecule has 0 saturated carbocycles. The van der Waals surface area contributed by atoms with Crippen molar-refractivity contribution in [2.45, 2.75) is 25.4 Å². The fraction of sp³-hybridized carbons (Fsp3) is 0.636. The zero-order valence-corrected chi connectivity index (χ0v) is 10.5. The Morgan fingerprint density at radius 1 is 1.53 bits per heavy atom. The van der Waals surface area contributed by atoms with E-state index in [2.05, 4.69) is 15.6 Å². The summed E-state index contributed by atoms with van der Waals surface area (Å²) >= 11 is 1.59. The van der Waals surface area contributed by atoms with E-state index in [0.29, 0.717) is 13.1 Å². The molecule has 2 heterocycles. The van der Waals surface area contributed by atoms with Crippen molar-refractivity contribution in [3.63, 3.8) is 0 Å². The molecule has 0 aliphatic carbocycles. The van der Waals surface area contributed by atoms with E-state index in [1.807, 2.05) is 6.20 Å². The molecule has 0 bridgehead atoms. The third kappa shape index (κ3) is 4.41. The number of nitrogens with zero attached hydrogens (tertiary/aromatic N) is 1. The van der Waals surface area contributed by atoms with Gasteiger partial charge in [0.25, 0.3) is 0 Å². The van der Waals surface area contributed by atoms with E-state index >= 15 is 0 Å². The third-order valence-corrected chi connectivity index (χ3v) is 3.43. The van der Waals surface area contributed by atoms with E-state index in [1.165, 1.54) is 0 Å². The van der Waals surface area contributed by atoms with E-state index in [9.17, 15) is 4.79 Å². The highest BCUT2D eigenvalue weighted by Gasteiger charge is 2.15. The van der Waals surface area contributed by atoms with Crippen LogP contribution in [0.3, 0.4) is 0 Å². The molecule has 5 nitrogen and oxygen atoms in total. The zero-order valence-electron chi connectivity index (χ0n) is 9.65. The Morgan fingerprint density at radius 3 is 3.06 bits per heavy atom. The molecule has 1 amide bonds. The predicted octanol–water partition coefficient (Wildman–Crippen LogP) is 0.528. The van der Waals surface area contributed by atoms with E-state index in [0.717, 1.165) is 30.9 Å². The number of hydrogen-bond donors (Lipinski definition) is 2. The van der Waals surface area contributed by atoms with Crippen LogP contribution in [-0.2, 0) is 16.1 Å². The summed E-state index contributed by atoms with van der Waals surface area (Å²) in [7, 11) is 0. The maximum Gasteiger partial charge on any atom is 0.234 e. The molecule has 2 rings (SSSR count). The lowest BCUT2D eigenvalue weighted by atomic mass is 10.1. The Morgan fingerprint density at radius 2 is 2.35 bits per heavy atom. The first-order valence-corrected chi connectivity index (χ1v) is 6.68. The summed E-state index contributed by atoms with van der Waals surface area (Å²) in [5, 5.41) is 6.11. The van der Waals surface area contributed by atoms with Crippen LogP contribution in [0.1, 0.15) is 17.7 Å². The van der Waals surface area contributed by atoms with Crippen molar-refractivity contribution in [3.8, 4) is 0 Å². The first-order chi connectivity index (χ1) is 8.34. The molecule has 17 heavy (non-hydrogen) atoms. The van der Waals surface area contributed by atoms with Crippen LogP contribution in [0, 0.1) is 0 Å². The lowest BCUT2D eigenvalue weighted by molar-refractivity contribution is -0.121. The van der Waals surface area contributed by atoms with Gasteiger partial charge >= 0.3 is 0 Å². The average molecular weight is 255 g/mol. The molecule has 0 spiro atoms. The van der Waals surface area contributed by atoms with Crippen LogP contribution in [0.5, 0.6) is 0 Å². The number of thiazole rings is 1. The van der Waals surface area contributed by atoms with Crippen LogP contribution in [0.25, 0.3) is 0 Å². The summed E-state index contributed by atoms with van der Waals surface area (Å²) in [4.78, 5) is 16.7. The van der Waals surface area contributed by atoms with Gasteiger partial charge in [-0.25, -0.2) is 0 Å². The molecule has 0 aromatic carbocycles. The van der Waals surface area contributed by atoms with Gasteiger partial charge in [0.1, 0.15) is 0 Å². The average Bonchev–Trinajstić information content (AvgIpc) is 2.83. The van der Waals surface area contributed by atoms with E-state index in [1.54, 1.807) is 16.8 Å². The Kier molecular flexibility index (Phi) is 4.90. The molecule has 2 N–H and O–H groups in total.